The van der Waals surface area contributed by atoms with Crippen LogP contribution in [0.1, 0.15) is 22.8 Å². The molecule has 1 saturated heterocycles. The molecule has 0 N–H and O–H groups in total. The van der Waals surface area contributed by atoms with Gasteiger partial charge in [-0.2, -0.15) is 13.2 Å². The van der Waals surface area contributed by atoms with Crippen molar-refractivity contribution in [2.75, 3.05) is 37.7 Å². The van der Waals surface area contributed by atoms with E-state index in [2.05, 4.69) is 4.90 Å². The van der Waals surface area contributed by atoms with Crippen LogP contribution in [0.4, 0.5) is 18.9 Å². The maximum absolute atomic E-state index is 13.1. The molecule has 1 fully saturated rings. The van der Waals surface area contributed by atoms with Crippen molar-refractivity contribution in [1.82, 2.24) is 4.90 Å². The van der Waals surface area contributed by atoms with Crippen molar-refractivity contribution in [2.24, 2.45) is 0 Å². The zero-order valence-corrected chi connectivity index (χ0v) is 18.7. The van der Waals surface area contributed by atoms with E-state index in [1.807, 2.05) is 31.2 Å². The fraction of sp³-hybridized carbons (Fsp3) is 0.269. The molecule has 0 atom stereocenters. The summed E-state index contributed by atoms with van der Waals surface area (Å²) in [5.41, 5.74) is 0.640. The molecule has 3 aromatic carbocycles. The fourth-order valence-corrected chi connectivity index (χ4v) is 3.89. The number of benzene rings is 3. The van der Waals surface area contributed by atoms with Gasteiger partial charge in [-0.25, -0.2) is 0 Å². The Morgan fingerprint density at radius 2 is 1.56 bits per heavy atom. The number of carbonyl (C=O) groups is 1. The molecule has 0 unspecified atom stereocenters. The molecular weight excluding hydrogens is 445 g/mol. The van der Waals surface area contributed by atoms with Crippen molar-refractivity contribution in [3.8, 4) is 17.2 Å². The minimum atomic E-state index is -4.46. The van der Waals surface area contributed by atoms with E-state index in [0.717, 1.165) is 23.6 Å². The van der Waals surface area contributed by atoms with Gasteiger partial charge in [0.1, 0.15) is 17.2 Å². The number of nitrogens with zero attached hydrogens (tertiary/aromatic N) is 2. The molecule has 4 rings (SSSR count). The number of hydrogen-bond donors (Lipinski definition) is 0. The molecular formula is C26H25F3N2O3. The third-order valence-corrected chi connectivity index (χ3v) is 5.55. The zero-order valence-electron chi connectivity index (χ0n) is 18.7. The van der Waals surface area contributed by atoms with Crippen LogP contribution < -0.4 is 14.4 Å². The van der Waals surface area contributed by atoms with Crippen LogP contribution in [-0.2, 0) is 6.18 Å². The number of para-hydroxylation sites is 2. The van der Waals surface area contributed by atoms with Crippen molar-refractivity contribution >= 4 is 11.6 Å². The first-order valence-corrected chi connectivity index (χ1v) is 11.1. The third kappa shape index (κ3) is 5.44. The van der Waals surface area contributed by atoms with E-state index in [0.29, 0.717) is 44.1 Å². The molecule has 3 aromatic rings. The molecule has 1 heterocycles. The molecule has 1 aliphatic heterocycles. The van der Waals surface area contributed by atoms with Crippen LogP contribution in [0.3, 0.4) is 0 Å². The highest BCUT2D eigenvalue weighted by Crippen LogP contribution is 2.33. The SMILES string of the molecule is CCOc1ccccc1N1CCN(C(=O)c2cccc(Oc3cccc(C(F)(F)F)c3)c2)CC1. The molecule has 0 saturated carbocycles. The van der Waals surface area contributed by atoms with E-state index in [1.54, 1.807) is 29.2 Å². The Labute approximate surface area is 196 Å². The van der Waals surface area contributed by atoms with Crippen LogP contribution in [0.15, 0.2) is 72.8 Å². The highest BCUT2D eigenvalue weighted by Gasteiger charge is 2.30. The average Bonchev–Trinajstić information content (AvgIpc) is 2.84. The number of hydrogen-bond acceptors (Lipinski definition) is 4. The summed E-state index contributed by atoms with van der Waals surface area (Å²) >= 11 is 0. The Balaban J connectivity index is 1.42. The molecule has 0 spiro atoms. The maximum atomic E-state index is 13.1. The molecule has 0 aliphatic carbocycles. The molecule has 34 heavy (non-hydrogen) atoms. The number of ether oxygens (including phenoxy) is 2. The Morgan fingerprint density at radius 1 is 0.882 bits per heavy atom. The van der Waals surface area contributed by atoms with Crippen LogP contribution in [0.2, 0.25) is 0 Å². The van der Waals surface area contributed by atoms with Crippen LogP contribution >= 0.6 is 0 Å². The minimum absolute atomic E-state index is 0.0565. The van der Waals surface area contributed by atoms with Gasteiger partial charge in [-0.15, -0.1) is 0 Å². The highest BCUT2D eigenvalue weighted by molar-refractivity contribution is 5.94. The smallest absolute Gasteiger partial charge is 0.416 e. The van der Waals surface area contributed by atoms with Crippen LogP contribution in [0.25, 0.3) is 0 Å². The largest absolute Gasteiger partial charge is 0.492 e. The predicted molar refractivity (Wildman–Crippen MR) is 124 cm³/mol. The number of anilines is 1. The van der Waals surface area contributed by atoms with Gasteiger partial charge >= 0.3 is 6.18 Å². The lowest BCUT2D eigenvalue weighted by Gasteiger charge is -2.36. The minimum Gasteiger partial charge on any atom is -0.492 e. The van der Waals surface area contributed by atoms with Crippen LogP contribution in [-0.4, -0.2) is 43.6 Å². The normalized spacial score (nSPS) is 14.1. The standard InChI is InChI=1S/C26H25F3N2O3/c1-2-33-24-12-4-3-11-23(24)30-13-15-31(16-14-30)25(32)19-7-5-9-21(17-19)34-22-10-6-8-20(18-22)26(27,28)29/h3-12,17-18H,2,13-16H2,1H3. The van der Waals surface area contributed by atoms with Gasteiger partial charge in [-0.1, -0.05) is 24.3 Å². The van der Waals surface area contributed by atoms with E-state index in [1.165, 1.54) is 12.1 Å². The molecule has 178 valence electrons. The van der Waals surface area contributed by atoms with Gasteiger partial charge in [0.2, 0.25) is 0 Å². The first kappa shape index (κ1) is 23.5. The van der Waals surface area contributed by atoms with Gasteiger partial charge in [-0.3, -0.25) is 4.79 Å². The van der Waals surface area contributed by atoms with Crippen molar-refractivity contribution in [2.45, 2.75) is 13.1 Å². The lowest BCUT2D eigenvalue weighted by Crippen LogP contribution is -2.48. The zero-order chi connectivity index (χ0) is 24.1. The van der Waals surface area contributed by atoms with Gasteiger partial charge < -0.3 is 19.3 Å². The lowest BCUT2D eigenvalue weighted by atomic mass is 10.1. The summed E-state index contributed by atoms with van der Waals surface area (Å²) in [5, 5.41) is 0. The summed E-state index contributed by atoms with van der Waals surface area (Å²) in [5.74, 6) is 1.03. The quantitative estimate of drug-likeness (QED) is 0.453. The highest BCUT2D eigenvalue weighted by atomic mass is 19.4. The second-order valence-corrected chi connectivity index (χ2v) is 7.84. The van der Waals surface area contributed by atoms with Crippen LogP contribution in [0, 0.1) is 0 Å². The topological polar surface area (TPSA) is 42.0 Å². The first-order chi connectivity index (χ1) is 16.3. The predicted octanol–water partition coefficient (Wildman–Crippen LogP) is 5.86. The molecule has 1 aliphatic rings. The molecule has 0 radical (unpaired) electrons. The summed E-state index contributed by atoms with van der Waals surface area (Å²) in [6, 6.07) is 19.0. The van der Waals surface area contributed by atoms with Crippen molar-refractivity contribution in [3.63, 3.8) is 0 Å². The Kier molecular flexibility index (Phi) is 6.95. The fourth-order valence-electron chi connectivity index (χ4n) is 3.89. The maximum Gasteiger partial charge on any atom is 0.416 e. The van der Waals surface area contributed by atoms with Gasteiger partial charge in [0.05, 0.1) is 17.9 Å². The van der Waals surface area contributed by atoms with E-state index >= 15 is 0 Å². The molecule has 0 bridgehead atoms. The summed E-state index contributed by atoms with van der Waals surface area (Å²) in [4.78, 5) is 17.0. The Hall–Kier alpha value is -3.68. The molecule has 5 nitrogen and oxygen atoms in total. The number of alkyl halides is 3. The Bertz CT molecular complexity index is 1140. The molecule has 1 amide bonds. The summed E-state index contributed by atoms with van der Waals surface area (Å²) in [6.45, 7) is 4.93. The van der Waals surface area contributed by atoms with Gasteiger partial charge in [0, 0.05) is 31.7 Å². The van der Waals surface area contributed by atoms with E-state index in [-0.39, 0.29) is 11.7 Å². The first-order valence-electron chi connectivity index (χ1n) is 11.1. The summed E-state index contributed by atoms with van der Waals surface area (Å²) in [6.07, 6.45) is -4.46. The molecule has 0 aromatic heterocycles. The monoisotopic (exact) mass is 470 g/mol. The number of rotatable bonds is 6. The van der Waals surface area contributed by atoms with E-state index in [9.17, 15) is 18.0 Å². The second-order valence-electron chi connectivity index (χ2n) is 7.84. The third-order valence-electron chi connectivity index (χ3n) is 5.55. The van der Waals surface area contributed by atoms with Crippen molar-refractivity contribution in [1.29, 1.82) is 0 Å². The van der Waals surface area contributed by atoms with Gasteiger partial charge in [0.25, 0.3) is 5.91 Å². The van der Waals surface area contributed by atoms with Crippen LogP contribution in [0.5, 0.6) is 17.2 Å². The lowest BCUT2D eigenvalue weighted by molar-refractivity contribution is -0.137. The summed E-state index contributed by atoms with van der Waals surface area (Å²) < 4.78 is 50.2. The number of amides is 1. The van der Waals surface area contributed by atoms with E-state index < -0.39 is 11.7 Å². The van der Waals surface area contributed by atoms with Crippen molar-refractivity contribution < 1.29 is 27.4 Å². The number of carbonyl (C=O) groups excluding carboxylic acids is 1. The van der Waals surface area contributed by atoms with Crippen molar-refractivity contribution in [3.05, 3.63) is 83.9 Å². The number of halogens is 3. The average molecular weight is 470 g/mol. The number of piperazine rings is 1. The Morgan fingerprint density at radius 3 is 2.26 bits per heavy atom. The van der Waals surface area contributed by atoms with Gasteiger partial charge in [-0.05, 0) is 55.5 Å². The van der Waals surface area contributed by atoms with Gasteiger partial charge in [0.15, 0.2) is 0 Å². The molecule has 8 heteroatoms. The summed E-state index contributed by atoms with van der Waals surface area (Å²) in [7, 11) is 0. The second kappa shape index (κ2) is 10.1. The van der Waals surface area contributed by atoms with E-state index in [4.69, 9.17) is 9.47 Å².